The molecule has 1 aromatic rings. The molecule has 0 aromatic carbocycles. The van der Waals surface area contributed by atoms with E-state index < -0.39 is 0 Å². The first-order valence-electron chi connectivity index (χ1n) is 7.77. The maximum atomic E-state index is 5.35. The van der Waals surface area contributed by atoms with Crippen molar-refractivity contribution in [2.75, 3.05) is 56.6 Å². The Hall–Kier alpha value is -1.40. The lowest BCUT2D eigenvalue weighted by molar-refractivity contribution is 0.0398. The summed E-state index contributed by atoms with van der Waals surface area (Å²) in [6, 6.07) is 1.98. The van der Waals surface area contributed by atoms with Gasteiger partial charge in [-0.15, -0.1) is 0 Å². The van der Waals surface area contributed by atoms with Crippen LogP contribution in [0.2, 0.25) is 0 Å². The minimum atomic E-state index is 0.595. The number of hydrogen-bond acceptors (Lipinski definition) is 6. The van der Waals surface area contributed by atoms with E-state index in [0.29, 0.717) is 5.92 Å². The fourth-order valence-corrected chi connectivity index (χ4v) is 2.22. The number of rotatable bonds is 7. The molecule has 0 bridgehead atoms. The number of nitrogens with zero attached hydrogens (tertiary/aromatic N) is 3. The van der Waals surface area contributed by atoms with Crippen LogP contribution in [0.1, 0.15) is 19.7 Å². The van der Waals surface area contributed by atoms with Crippen molar-refractivity contribution in [3.63, 3.8) is 0 Å². The predicted octanol–water partition coefficient (Wildman–Crippen LogP) is 1.60. The summed E-state index contributed by atoms with van der Waals surface area (Å²) in [5.41, 5.74) is 0. The molecule has 6 heteroatoms. The Labute approximate surface area is 127 Å². The zero-order valence-electron chi connectivity index (χ0n) is 13.4. The molecule has 0 spiro atoms. The van der Waals surface area contributed by atoms with Gasteiger partial charge in [-0.2, -0.15) is 0 Å². The highest BCUT2D eigenvalue weighted by Gasteiger charge is 2.09. The summed E-state index contributed by atoms with van der Waals surface area (Å²) < 4.78 is 5.35. The summed E-state index contributed by atoms with van der Waals surface area (Å²) in [7, 11) is 0. The molecule has 0 unspecified atom stereocenters. The van der Waals surface area contributed by atoms with E-state index in [1.165, 1.54) is 0 Å². The molecule has 1 fully saturated rings. The molecule has 1 saturated heterocycles. The Morgan fingerprint density at radius 1 is 1.19 bits per heavy atom. The fourth-order valence-electron chi connectivity index (χ4n) is 2.22. The number of nitrogens with one attached hydrogen (secondary N) is 2. The van der Waals surface area contributed by atoms with E-state index in [0.717, 1.165) is 63.4 Å². The molecule has 1 aliphatic heterocycles. The van der Waals surface area contributed by atoms with Gasteiger partial charge in [-0.3, -0.25) is 4.90 Å². The Morgan fingerprint density at radius 2 is 1.86 bits per heavy atom. The summed E-state index contributed by atoms with van der Waals surface area (Å²) in [6.45, 7) is 12.8. The largest absolute Gasteiger partial charge is 0.379 e. The van der Waals surface area contributed by atoms with E-state index in [1.54, 1.807) is 0 Å². The third-order valence-electron chi connectivity index (χ3n) is 3.37. The second-order valence-corrected chi connectivity index (χ2v) is 5.84. The fraction of sp³-hybridized carbons (Fsp3) is 0.733. The van der Waals surface area contributed by atoms with Crippen LogP contribution in [0.25, 0.3) is 0 Å². The van der Waals surface area contributed by atoms with Gasteiger partial charge in [0.05, 0.1) is 13.2 Å². The van der Waals surface area contributed by atoms with Crippen molar-refractivity contribution in [2.24, 2.45) is 5.92 Å². The molecule has 118 valence electrons. The van der Waals surface area contributed by atoms with Gasteiger partial charge in [-0.05, 0) is 12.8 Å². The lowest BCUT2D eigenvalue weighted by Crippen LogP contribution is -2.39. The van der Waals surface area contributed by atoms with Crippen LogP contribution < -0.4 is 10.6 Å². The van der Waals surface area contributed by atoms with Crippen LogP contribution >= 0.6 is 0 Å². The first kappa shape index (κ1) is 16.0. The highest BCUT2D eigenvalue weighted by atomic mass is 16.5. The van der Waals surface area contributed by atoms with Crippen LogP contribution in [0.15, 0.2) is 6.07 Å². The van der Waals surface area contributed by atoms with Crippen molar-refractivity contribution >= 4 is 11.6 Å². The minimum Gasteiger partial charge on any atom is -0.379 e. The number of aryl methyl sites for hydroxylation is 1. The van der Waals surface area contributed by atoms with E-state index >= 15 is 0 Å². The predicted molar refractivity (Wildman–Crippen MR) is 85.8 cm³/mol. The van der Waals surface area contributed by atoms with Gasteiger partial charge in [0, 0.05) is 38.8 Å². The van der Waals surface area contributed by atoms with Crippen LogP contribution in [0.3, 0.4) is 0 Å². The third kappa shape index (κ3) is 5.85. The molecular weight excluding hydrogens is 266 g/mol. The van der Waals surface area contributed by atoms with Crippen molar-refractivity contribution < 1.29 is 4.74 Å². The number of anilines is 2. The number of morpholine rings is 1. The quantitative estimate of drug-likeness (QED) is 0.796. The molecule has 1 aromatic heterocycles. The Bertz CT molecular complexity index is 432. The molecule has 6 nitrogen and oxygen atoms in total. The Morgan fingerprint density at radius 3 is 2.52 bits per heavy atom. The highest BCUT2D eigenvalue weighted by molar-refractivity contribution is 5.47. The Kier molecular flexibility index (Phi) is 6.20. The molecule has 2 heterocycles. The molecule has 0 atom stereocenters. The Balaban J connectivity index is 1.81. The van der Waals surface area contributed by atoms with Crippen molar-refractivity contribution in [2.45, 2.75) is 20.8 Å². The van der Waals surface area contributed by atoms with Crippen molar-refractivity contribution in [1.29, 1.82) is 0 Å². The van der Waals surface area contributed by atoms with Crippen LogP contribution in [0.4, 0.5) is 11.6 Å². The van der Waals surface area contributed by atoms with Gasteiger partial charge in [-0.1, -0.05) is 13.8 Å². The highest BCUT2D eigenvalue weighted by Crippen LogP contribution is 2.11. The number of hydrogen-bond donors (Lipinski definition) is 2. The molecule has 1 aliphatic rings. The van der Waals surface area contributed by atoms with Gasteiger partial charge < -0.3 is 15.4 Å². The average Bonchev–Trinajstić information content (AvgIpc) is 2.46. The second kappa shape index (κ2) is 8.14. The normalized spacial score (nSPS) is 16.2. The van der Waals surface area contributed by atoms with Crippen LogP contribution in [-0.2, 0) is 4.74 Å². The summed E-state index contributed by atoms with van der Waals surface area (Å²) in [4.78, 5) is 11.3. The van der Waals surface area contributed by atoms with Crippen molar-refractivity contribution in [1.82, 2.24) is 14.9 Å². The molecule has 0 saturated carbocycles. The van der Waals surface area contributed by atoms with Gasteiger partial charge in [0.15, 0.2) is 0 Å². The monoisotopic (exact) mass is 293 g/mol. The van der Waals surface area contributed by atoms with Gasteiger partial charge >= 0.3 is 0 Å². The summed E-state index contributed by atoms with van der Waals surface area (Å²) in [5, 5.41) is 6.73. The average molecular weight is 293 g/mol. The zero-order chi connectivity index (χ0) is 15.1. The molecule has 0 amide bonds. The standard InChI is InChI=1S/C15H27N5O/c1-12(2)11-17-15-10-14(18-13(3)19-15)16-4-5-20-6-8-21-9-7-20/h10,12H,4-9,11H2,1-3H3,(H2,16,17,18,19). The van der Waals surface area contributed by atoms with E-state index in [2.05, 4.69) is 39.3 Å². The van der Waals surface area contributed by atoms with E-state index in [9.17, 15) is 0 Å². The maximum Gasteiger partial charge on any atom is 0.131 e. The summed E-state index contributed by atoms with van der Waals surface area (Å²) in [6.07, 6.45) is 0. The summed E-state index contributed by atoms with van der Waals surface area (Å²) in [5.74, 6) is 3.17. The van der Waals surface area contributed by atoms with E-state index in [1.807, 2.05) is 13.0 Å². The SMILES string of the molecule is Cc1nc(NCCN2CCOCC2)cc(NCC(C)C)n1. The van der Waals surface area contributed by atoms with Crippen LogP contribution in [-0.4, -0.2) is 60.8 Å². The first-order chi connectivity index (χ1) is 10.1. The van der Waals surface area contributed by atoms with E-state index in [4.69, 9.17) is 4.74 Å². The lowest BCUT2D eigenvalue weighted by atomic mass is 10.2. The van der Waals surface area contributed by atoms with Crippen molar-refractivity contribution in [3.05, 3.63) is 11.9 Å². The van der Waals surface area contributed by atoms with Gasteiger partial charge in [0.2, 0.25) is 0 Å². The van der Waals surface area contributed by atoms with Gasteiger partial charge in [0.25, 0.3) is 0 Å². The molecule has 0 aliphatic carbocycles. The van der Waals surface area contributed by atoms with Crippen LogP contribution in [0, 0.1) is 12.8 Å². The molecule has 2 N–H and O–H groups in total. The lowest BCUT2D eigenvalue weighted by Gasteiger charge is -2.26. The molecule has 0 radical (unpaired) electrons. The first-order valence-corrected chi connectivity index (χ1v) is 7.77. The number of ether oxygens (including phenoxy) is 1. The smallest absolute Gasteiger partial charge is 0.131 e. The molecular formula is C15H27N5O. The van der Waals surface area contributed by atoms with Gasteiger partial charge in [-0.25, -0.2) is 9.97 Å². The maximum absolute atomic E-state index is 5.35. The third-order valence-corrected chi connectivity index (χ3v) is 3.37. The van der Waals surface area contributed by atoms with E-state index in [-0.39, 0.29) is 0 Å². The van der Waals surface area contributed by atoms with Crippen LogP contribution in [0.5, 0.6) is 0 Å². The summed E-state index contributed by atoms with van der Waals surface area (Å²) >= 11 is 0. The topological polar surface area (TPSA) is 62.3 Å². The van der Waals surface area contributed by atoms with Crippen molar-refractivity contribution in [3.8, 4) is 0 Å². The molecule has 21 heavy (non-hydrogen) atoms. The minimum absolute atomic E-state index is 0.595. The zero-order valence-corrected chi connectivity index (χ0v) is 13.4. The molecule has 2 rings (SSSR count). The van der Waals surface area contributed by atoms with Gasteiger partial charge in [0.1, 0.15) is 17.5 Å². The number of aromatic nitrogens is 2. The second-order valence-electron chi connectivity index (χ2n) is 5.84.